The number of carbonyl (C=O) groups excluding carboxylic acids is 2. The first-order valence-corrected chi connectivity index (χ1v) is 21.0. The number of ether oxygens (including phenoxy) is 4. The van der Waals surface area contributed by atoms with Crippen LogP contribution in [0, 0.1) is 35.8 Å². The standard InChI is InChI=1S/C30H12Br8N4O9S/c1-41-16(10-39)12-9-19(49-4-6-51-30(44)20-23(34)25(36)26(37)27(38)28(20)52(45,46)47)13(17(11-40)42-2)8-18(12)48-3-5-50-29(43)14-7-15(31)22(33)24(35)21(14)32/h7-9H,3-6H2,(H,45,46,47). The number of halogens is 8. The third kappa shape index (κ3) is 10.0. The lowest BCUT2D eigenvalue weighted by atomic mass is 10.1. The van der Waals surface area contributed by atoms with E-state index in [-0.39, 0.29) is 58.6 Å². The summed E-state index contributed by atoms with van der Waals surface area (Å²) >= 11 is 25.9. The molecular formula is C30H12Br8N4O9S. The minimum absolute atomic E-state index is 0.0511. The maximum atomic E-state index is 13.0. The van der Waals surface area contributed by atoms with Crippen molar-refractivity contribution in [3.8, 4) is 23.6 Å². The molecule has 0 heterocycles. The molecule has 0 radical (unpaired) electrons. The number of rotatable bonds is 11. The second-order valence-electron chi connectivity index (χ2n) is 9.24. The normalized spacial score (nSPS) is 11.9. The van der Waals surface area contributed by atoms with E-state index in [4.69, 9.17) is 32.1 Å². The van der Waals surface area contributed by atoms with E-state index in [9.17, 15) is 33.1 Å². The second-order valence-corrected chi connectivity index (χ2v) is 17.0. The molecular weight excluding hydrogens is 1230 g/mol. The maximum Gasteiger partial charge on any atom is 0.340 e. The van der Waals surface area contributed by atoms with Crippen LogP contribution < -0.4 is 19.9 Å². The monoisotopic (exact) mass is 1240 g/mol. The van der Waals surface area contributed by atoms with E-state index in [0.717, 1.165) is 0 Å². The summed E-state index contributed by atoms with van der Waals surface area (Å²) in [6, 6.07) is 7.38. The second kappa shape index (κ2) is 19.3. The number of esters is 2. The summed E-state index contributed by atoms with van der Waals surface area (Å²) in [6.45, 7) is 13.4. The summed E-state index contributed by atoms with van der Waals surface area (Å²) in [6.07, 6.45) is 0. The van der Waals surface area contributed by atoms with Crippen molar-refractivity contribution >= 4 is 161 Å². The third-order valence-corrected chi connectivity index (χ3v) is 16.8. The van der Waals surface area contributed by atoms with Gasteiger partial charge in [0.05, 0.1) is 40.9 Å². The molecule has 13 nitrogen and oxygen atoms in total. The molecule has 0 saturated heterocycles. The Bertz CT molecular complexity index is 2400. The average molecular weight is 1240 g/mol. The molecule has 0 fully saturated rings. The van der Waals surface area contributed by atoms with Gasteiger partial charge in [-0.25, -0.2) is 29.8 Å². The summed E-state index contributed by atoms with van der Waals surface area (Å²) in [5.74, 6) is -2.15. The van der Waals surface area contributed by atoms with E-state index in [1.165, 1.54) is 18.2 Å². The lowest BCUT2D eigenvalue weighted by molar-refractivity contribution is 0.0436. The van der Waals surface area contributed by atoms with Gasteiger partial charge in [-0.15, -0.1) is 0 Å². The summed E-state index contributed by atoms with van der Waals surface area (Å²) in [4.78, 5) is 31.5. The van der Waals surface area contributed by atoms with Gasteiger partial charge in [0.15, 0.2) is 0 Å². The van der Waals surface area contributed by atoms with Crippen LogP contribution in [0.4, 0.5) is 0 Å². The van der Waals surface area contributed by atoms with Crippen molar-refractivity contribution in [3.05, 3.63) is 98.4 Å². The van der Waals surface area contributed by atoms with E-state index in [1.807, 2.05) is 0 Å². The molecule has 22 heteroatoms. The van der Waals surface area contributed by atoms with Gasteiger partial charge in [0, 0.05) is 41.7 Å². The first-order valence-electron chi connectivity index (χ1n) is 13.2. The Morgan fingerprint density at radius 3 is 1.56 bits per heavy atom. The molecule has 0 aromatic heterocycles. The average Bonchev–Trinajstić information content (AvgIpc) is 3.10. The zero-order valence-electron chi connectivity index (χ0n) is 25.0. The number of hydrogen-bond acceptors (Lipinski definition) is 10. The Kier molecular flexibility index (Phi) is 16.4. The van der Waals surface area contributed by atoms with E-state index >= 15 is 0 Å². The molecule has 0 aliphatic carbocycles. The van der Waals surface area contributed by atoms with Gasteiger partial charge in [-0.2, -0.15) is 8.42 Å². The van der Waals surface area contributed by atoms with Crippen LogP contribution in [0.5, 0.6) is 11.5 Å². The quantitative estimate of drug-likeness (QED) is 0.0485. The van der Waals surface area contributed by atoms with Gasteiger partial charge in [-0.3, -0.25) is 4.55 Å². The molecule has 3 aromatic carbocycles. The predicted molar refractivity (Wildman–Crippen MR) is 213 cm³/mol. The van der Waals surface area contributed by atoms with Crippen molar-refractivity contribution < 1.29 is 41.5 Å². The zero-order chi connectivity index (χ0) is 39.1. The van der Waals surface area contributed by atoms with Crippen molar-refractivity contribution in [2.45, 2.75) is 4.90 Å². The lowest BCUT2D eigenvalue weighted by Gasteiger charge is -2.15. The molecule has 3 aromatic rings. The van der Waals surface area contributed by atoms with E-state index in [1.54, 1.807) is 12.1 Å². The molecule has 0 amide bonds. The summed E-state index contributed by atoms with van der Waals surface area (Å²) in [5.41, 5.74) is -1.25. The van der Waals surface area contributed by atoms with Crippen LogP contribution in [0.1, 0.15) is 20.7 Å². The van der Waals surface area contributed by atoms with E-state index in [2.05, 4.69) is 137 Å². The number of carbonyl (C=O) groups is 2. The van der Waals surface area contributed by atoms with Crippen LogP contribution in [0.15, 0.2) is 58.9 Å². The minimum Gasteiger partial charge on any atom is -0.491 e. The Morgan fingerprint density at radius 2 is 1.12 bits per heavy atom. The van der Waals surface area contributed by atoms with Gasteiger partial charge in [-0.05, 0) is 146 Å². The van der Waals surface area contributed by atoms with Crippen molar-refractivity contribution in [2.24, 2.45) is 0 Å². The number of nitriles is 2. The molecule has 3 rings (SSSR count). The molecule has 0 saturated carbocycles. The molecule has 52 heavy (non-hydrogen) atoms. The smallest absolute Gasteiger partial charge is 0.340 e. The molecule has 0 atom stereocenters. The van der Waals surface area contributed by atoms with Gasteiger partial charge in [-0.1, -0.05) is 0 Å². The number of hydrogen-bond donors (Lipinski definition) is 1. The number of benzene rings is 3. The Balaban J connectivity index is 1.91. The topological polar surface area (TPSA) is 182 Å². The SMILES string of the molecule is [C-]#[N+]C(C#N)=c1cc(OCCOC(=O)c2c(Br)c(Br)c(Br)c(Br)c2S(=O)(=O)O)c(=C(C#N)[N+]#[C-])cc1OCCOC(=O)c1cc(Br)c(Br)c(Br)c1Br. The predicted octanol–water partition coefficient (Wildman–Crippen LogP) is 8.61. The van der Waals surface area contributed by atoms with Gasteiger partial charge < -0.3 is 18.9 Å². The van der Waals surface area contributed by atoms with Crippen LogP contribution in [-0.4, -0.2) is 51.3 Å². The van der Waals surface area contributed by atoms with Gasteiger partial charge in [0.2, 0.25) is 0 Å². The Hall–Kier alpha value is -2.35. The van der Waals surface area contributed by atoms with Crippen LogP contribution in [-0.2, 0) is 19.6 Å². The van der Waals surface area contributed by atoms with Gasteiger partial charge in [0.25, 0.3) is 21.5 Å². The van der Waals surface area contributed by atoms with Crippen molar-refractivity contribution in [1.82, 2.24) is 0 Å². The third-order valence-electron chi connectivity index (χ3n) is 6.18. The first-order chi connectivity index (χ1) is 24.4. The maximum absolute atomic E-state index is 13.0. The largest absolute Gasteiger partial charge is 0.491 e. The molecule has 0 unspecified atom stereocenters. The molecule has 0 aliphatic rings. The zero-order valence-corrected chi connectivity index (χ0v) is 38.5. The number of nitrogens with zero attached hydrogens (tertiary/aromatic N) is 4. The Labute approximate surface area is 362 Å². The lowest BCUT2D eigenvalue weighted by Crippen LogP contribution is -2.23. The van der Waals surface area contributed by atoms with Crippen LogP contribution in [0.3, 0.4) is 0 Å². The van der Waals surface area contributed by atoms with Crippen LogP contribution >= 0.6 is 127 Å². The highest BCUT2D eigenvalue weighted by Gasteiger charge is 2.31. The molecule has 268 valence electrons. The highest BCUT2D eigenvalue weighted by Crippen LogP contribution is 2.44. The van der Waals surface area contributed by atoms with Gasteiger partial charge >= 0.3 is 11.9 Å². The fourth-order valence-electron chi connectivity index (χ4n) is 3.94. The first kappa shape index (κ1) is 44.0. The van der Waals surface area contributed by atoms with Gasteiger partial charge in [0.1, 0.15) is 42.8 Å². The summed E-state index contributed by atoms with van der Waals surface area (Å²) in [5, 5.41) is 19.1. The fraction of sp³-hybridized carbons (Fsp3) is 0.133. The van der Waals surface area contributed by atoms with Crippen molar-refractivity contribution in [2.75, 3.05) is 26.4 Å². The fourth-order valence-corrected chi connectivity index (χ4v) is 10.0. The molecule has 0 spiro atoms. The van der Waals surface area contributed by atoms with E-state index in [0.29, 0.717) is 17.9 Å². The van der Waals surface area contributed by atoms with Crippen LogP contribution in [0.2, 0.25) is 0 Å². The Morgan fingerprint density at radius 1 is 0.673 bits per heavy atom. The highest BCUT2D eigenvalue weighted by molar-refractivity contribution is 9.15. The summed E-state index contributed by atoms with van der Waals surface area (Å²) < 4.78 is 58.6. The summed E-state index contributed by atoms with van der Waals surface area (Å²) in [7, 11) is -4.94. The molecule has 0 aliphatic heterocycles. The van der Waals surface area contributed by atoms with Crippen LogP contribution in [0.25, 0.3) is 21.1 Å². The highest BCUT2D eigenvalue weighted by atomic mass is 79.9. The van der Waals surface area contributed by atoms with E-state index < -0.39 is 57.1 Å². The van der Waals surface area contributed by atoms with Crippen molar-refractivity contribution in [1.29, 1.82) is 10.5 Å². The minimum atomic E-state index is -4.94. The van der Waals surface area contributed by atoms with Crippen molar-refractivity contribution in [3.63, 3.8) is 0 Å². The molecule has 1 N–H and O–H groups in total. The molecule has 0 bridgehead atoms.